The molecule has 3 heteroatoms. The van der Waals surface area contributed by atoms with E-state index in [9.17, 15) is 4.79 Å². The summed E-state index contributed by atoms with van der Waals surface area (Å²) >= 11 is 3.35. The summed E-state index contributed by atoms with van der Waals surface area (Å²) in [5, 5.41) is 9.10. The Morgan fingerprint density at radius 2 is 2.00 bits per heavy atom. The predicted octanol–water partition coefficient (Wildman–Crippen LogP) is 2.77. The Kier molecular flexibility index (Phi) is 4.48. The fourth-order valence-electron chi connectivity index (χ4n) is 1.47. The van der Waals surface area contributed by atoms with E-state index in [2.05, 4.69) is 22.9 Å². The SMILES string of the molecule is CCc1cc(CO)cc(C(Br)C(C)=O)c1. The first-order valence-electron chi connectivity index (χ1n) is 4.96. The smallest absolute Gasteiger partial charge is 0.147 e. The molecule has 0 fully saturated rings. The molecule has 0 aliphatic rings. The number of Topliss-reactive ketones (excluding diaryl/α,β-unsaturated/α-hetero) is 1. The van der Waals surface area contributed by atoms with Crippen molar-refractivity contribution in [1.82, 2.24) is 0 Å². The van der Waals surface area contributed by atoms with Gasteiger partial charge in [-0.3, -0.25) is 4.79 Å². The van der Waals surface area contributed by atoms with Crippen molar-refractivity contribution in [3.63, 3.8) is 0 Å². The van der Waals surface area contributed by atoms with Crippen LogP contribution in [0.4, 0.5) is 0 Å². The summed E-state index contributed by atoms with van der Waals surface area (Å²) in [6.07, 6.45) is 0.901. The van der Waals surface area contributed by atoms with Gasteiger partial charge >= 0.3 is 0 Å². The van der Waals surface area contributed by atoms with Crippen LogP contribution >= 0.6 is 15.9 Å². The molecule has 0 radical (unpaired) electrons. The summed E-state index contributed by atoms with van der Waals surface area (Å²) in [5.74, 6) is 0.0761. The van der Waals surface area contributed by atoms with Gasteiger partial charge in [0.2, 0.25) is 0 Å². The van der Waals surface area contributed by atoms with Crippen LogP contribution in [0, 0.1) is 0 Å². The largest absolute Gasteiger partial charge is 0.392 e. The van der Waals surface area contributed by atoms with Gasteiger partial charge in [0.1, 0.15) is 5.78 Å². The molecule has 0 aromatic heterocycles. The van der Waals surface area contributed by atoms with E-state index in [0.29, 0.717) is 0 Å². The highest BCUT2D eigenvalue weighted by Gasteiger charge is 2.13. The van der Waals surface area contributed by atoms with Gasteiger partial charge in [0, 0.05) is 0 Å². The summed E-state index contributed by atoms with van der Waals surface area (Å²) in [4.78, 5) is 11.0. The van der Waals surface area contributed by atoms with E-state index in [1.807, 2.05) is 18.2 Å². The van der Waals surface area contributed by atoms with Gasteiger partial charge in [0.05, 0.1) is 11.4 Å². The van der Waals surface area contributed by atoms with Gasteiger partial charge in [-0.15, -0.1) is 0 Å². The van der Waals surface area contributed by atoms with Crippen LogP contribution in [-0.2, 0) is 17.8 Å². The van der Waals surface area contributed by atoms with Crippen molar-refractivity contribution in [2.75, 3.05) is 0 Å². The average Bonchev–Trinajstić information content (AvgIpc) is 2.27. The molecule has 1 atom stereocenters. The van der Waals surface area contributed by atoms with Crippen LogP contribution in [0.3, 0.4) is 0 Å². The number of hydrogen-bond donors (Lipinski definition) is 1. The Morgan fingerprint density at radius 1 is 1.40 bits per heavy atom. The van der Waals surface area contributed by atoms with Gasteiger partial charge in [-0.2, -0.15) is 0 Å². The predicted molar refractivity (Wildman–Crippen MR) is 64.1 cm³/mol. The minimum absolute atomic E-state index is 0.0124. The average molecular weight is 271 g/mol. The van der Waals surface area contributed by atoms with Crippen LogP contribution in [-0.4, -0.2) is 10.9 Å². The van der Waals surface area contributed by atoms with Crippen molar-refractivity contribution in [1.29, 1.82) is 0 Å². The second-order valence-corrected chi connectivity index (χ2v) is 4.48. The summed E-state index contributed by atoms with van der Waals surface area (Å²) in [7, 11) is 0. The molecule has 1 N–H and O–H groups in total. The molecule has 0 amide bonds. The van der Waals surface area contributed by atoms with Gasteiger partial charge in [-0.25, -0.2) is 0 Å². The first-order valence-corrected chi connectivity index (χ1v) is 5.88. The van der Waals surface area contributed by atoms with E-state index < -0.39 is 0 Å². The number of aryl methyl sites for hydroxylation is 1. The maximum Gasteiger partial charge on any atom is 0.147 e. The lowest BCUT2D eigenvalue weighted by atomic mass is 10.0. The third-order valence-corrected chi connectivity index (χ3v) is 3.49. The van der Waals surface area contributed by atoms with Crippen LogP contribution < -0.4 is 0 Å². The van der Waals surface area contributed by atoms with Crippen molar-refractivity contribution in [2.45, 2.75) is 31.7 Å². The molecule has 0 aliphatic carbocycles. The first kappa shape index (κ1) is 12.4. The highest BCUT2D eigenvalue weighted by molar-refractivity contribution is 9.09. The Bertz CT molecular complexity index is 338. The maximum atomic E-state index is 11.2. The number of hydrogen-bond acceptors (Lipinski definition) is 2. The maximum absolute atomic E-state index is 11.2. The Morgan fingerprint density at radius 3 is 2.47 bits per heavy atom. The Balaban J connectivity index is 3.11. The summed E-state index contributed by atoms with van der Waals surface area (Å²) in [5.41, 5.74) is 2.92. The van der Waals surface area contributed by atoms with Gasteiger partial charge in [0.25, 0.3) is 0 Å². The zero-order chi connectivity index (χ0) is 11.4. The van der Waals surface area contributed by atoms with Crippen LogP contribution in [0.5, 0.6) is 0 Å². The van der Waals surface area contributed by atoms with E-state index >= 15 is 0 Å². The lowest BCUT2D eigenvalue weighted by Gasteiger charge is -2.10. The number of carbonyl (C=O) groups excluding carboxylic acids is 1. The molecule has 0 spiro atoms. The van der Waals surface area contributed by atoms with Crippen molar-refractivity contribution in [3.8, 4) is 0 Å². The Hall–Kier alpha value is -0.670. The van der Waals surface area contributed by atoms with Crippen LogP contribution in [0.1, 0.15) is 35.4 Å². The quantitative estimate of drug-likeness (QED) is 0.855. The topological polar surface area (TPSA) is 37.3 Å². The van der Waals surface area contributed by atoms with Crippen LogP contribution in [0.15, 0.2) is 18.2 Å². The van der Waals surface area contributed by atoms with Crippen LogP contribution in [0.2, 0.25) is 0 Å². The standard InChI is InChI=1S/C12H15BrO2/c1-3-9-4-10(7-14)6-11(5-9)12(13)8(2)15/h4-6,12,14H,3,7H2,1-2H3. The summed E-state index contributed by atoms with van der Waals surface area (Å²) in [6.45, 7) is 3.62. The minimum Gasteiger partial charge on any atom is -0.392 e. The molecule has 0 bridgehead atoms. The van der Waals surface area contributed by atoms with Gasteiger partial charge in [-0.1, -0.05) is 41.1 Å². The van der Waals surface area contributed by atoms with Crippen molar-refractivity contribution < 1.29 is 9.90 Å². The monoisotopic (exact) mass is 270 g/mol. The van der Waals surface area contributed by atoms with E-state index in [1.165, 1.54) is 0 Å². The van der Waals surface area contributed by atoms with Gasteiger partial charge < -0.3 is 5.11 Å². The molecule has 1 unspecified atom stereocenters. The van der Waals surface area contributed by atoms with Crippen molar-refractivity contribution >= 4 is 21.7 Å². The number of aliphatic hydroxyl groups excluding tert-OH is 1. The minimum atomic E-state index is -0.269. The number of ketones is 1. The number of aliphatic hydroxyl groups is 1. The number of alkyl halides is 1. The van der Waals surface area contributed by atoms with E-state index in [-0.39, 0.29) is 17.2 Å². The fourth-order valence-corrected chi connectivity index (χ4v) is 1.73. The number of benzene rings is 1. The molecule has 0 heterocycles. The second-order valence-electron chi connectivity index (χ2n) is 3.57. The van der Waals surface area contributed by atoms with Crippen molar-refractivity contribution in [2.24, 2.45) is 0 Å². The van der Waals surface area contributed by atoms with E-state index in [0.717, 1.165) is 23.1 Å². The third-order valence-electron chi connectivity index (χ3n) is 2.32. The fraction of sp³-hybridized carbons (Fsp3) is 0.417. The number of carbonyl (C=O) groups is 1. The molecule has 1 aromatic carbocycles. The van der Waals surface area contributed by atoms with Crippen molar-refractivity contribution in [3.05, 3.63) is 34.9 Å². The zero-order valence-electron chi connectivity index (χ0n) is 8.96. The molecule has 0 saturated carbocycles. The third kappa shape index (κ3) is 3.14. The van der Waals surface area contributed by atoms with Gasteiger partial charge in [0.15, 0.2) is 0 Å². The summed E-state index contributed by atoms with van der Waals surface area (Å²) < 4.78 is 0. The molecule has 0 aliphatic heterocycles. The number of rotatable bonds is 4. The first-order chi connectivity index (χ1) is 7.08. The lowest BCUT2D eigenvalue weighted by Crippen LogP contribution is -2.03. The highest BCUT2D eigenvalue weighted by atomic mass is 79.9. The molecule has 0 saturated heterocycles. The second kappa shape index (κ2) is 5.42. The molecule has 82 valence electrons. The molecular weight excluding hydrogens is 256 g/mol. The van der Waals surface area contributed by atoms with Gasteiger partial charge in [-0.05, 0) is 30.0 Å². The Labute approximate surface area is 98.4 Å². The van der Waals surface area contributed by atoms with E-state index in [4.69, 9.17) is 5.11 Å². The van der Waals surface area contributed by atoms with Crippen LogP contribution in [0.25, 0.3) is 0 Å². The zero-order valence-corrected chi connectivity index (χ0v) is 10.5. The molecular formula is C12H15BrO2. The van der Waals surface area contributed by atoms with E-state index in [1.54, 1.807) is 6.92 Å². The molecule has 15 heavy (non-hydrogen) atoms. The molecule has 1 rings (SSSR count). The summed E-state index contributed by atoms with van der Waals surface area (Å²) in [6, 6.07) is 5.82. The lowest BCUT2D eigenvalue weighted by molar-refractivity contribution is -0.116. The highest BCUT2D eigenvalue weighted by Crippen LogP contribution is 2.26. The molecule has 1 aromatic rings. The normalized spacial score (nSPS) is 12.5. The number of halogens is 1. The molecule has 2 nitrogen and oxygen atoms in total.